The van der Waals surface area contributed by atoms with Crippen LogP contribution in [-0.2, 0) is 9.59 Å². The van der Waals surface area contributed by atoms with E-state index < -0.39 is 0 Å². The van der Waals surface area contributed by atoms with Gasteiger partial charge in [0, 0.05) is 12.8 Å². The zero-order valence-corrected chi connectivity index (χ0v) is 9.80. The summed E-state index contributed by atoms with van der Waals surface area (Å²) in [5, 5.41) is 0.969. The Bertz CT molecular complexity index is 151. The van der Waals surface area contributed by atoms with Gasteiger partial charge in [-0.2, -0.15) is 0 Å². The summed E-state index contributed by atoms with van der Waals surface area (Å²) in [5.41, 5.74) is 0. The molecule has 76 valence electrons. The first kappa shape index (κ1) is 13.0. The lowest BCUT2D eigenvalue weighted by molar-refractivity contribution is -0.111. The van der Waals surface area contributed by atoms with Crippen molar-refractivity contribution < 1.29 is 9.59 Å². The molecule has 0 saturated heterocycles. The number of carbonyl (C=O) groups excluding carboxylic acids is 2. The zero-order chi connectivity index (χ0) is 10.1. The van der Waals surface area contributed by atoms with Gasteiger partial charge in [0.05, 0.1) is 5.08 Å². The third kappa shape index (κ3) is 8.37. The Morgan fingerprint density at radius 3 is 1.62 bits per heavy atom. The average molecular weight is 220 g/mol. The van der Waals surface area contributed by atoms with Crippen molar-refractivity contribution in [1.82, 2.24) is 0 Å². The fourth-order valence-electron chi connectivity index (χ4n) is 0.713. The molecule has 0 heterocycles. The Balaban J connectivity index is 3.33. The van der Waals surface area contributed by atoms with Crippen molar-refractivity contribution in [2.75, 3.05) is 5.08 Å². The van der Waals surface area contributed by atoms with Gasteiger partial charge in [0.15, 0.2) is 10.2 Å². The zero-order valence-electron chi connectivity index (χ0n) is 8.17. The molecule has 4 heteroatoms. The maximum absolute atomic E-state index is 11.0. The van der Waals surface area contributed by atoms with E-state index >= 15 is 0 Å². The van der Waals surface area contributed by atoms with Gasteiger partial charge in [-0.3, -0.25) is 9.59 Å². The molecule has 0 bridgehead atoms. The van der Waals surface area contributed by atoms with Crippen molar-refractivity contribution in [1.29, 1.82) is 0 Å². The van der Waals surface area contributed by atoms with Gasteiger partial charge in [0.1, 0.15) is 0 Å². The van der Waals surface area contributed by atoms with E-state index in [0.29, 0.717) is 17.9 Å². The lowest BCUT2D eigenvalue weighted by Gasteiger charge is -1.98. The summed E-state index contributed by atoms with van der Waals surface area (Å²) < 4.78 is 0. The second-order valence-corrected chi connectivity index (χ2v) is 5.08. The van der Waals surface area contributed by atoms with Crippen LogP contribution in [0.5, 0.6) is 0 Å². The summed E-state index contributed by atoms with van der Waals surface area (Å²) in [6.07, 6.45) is 3.01. The van der Waals surface area contributed by atoms with Crippen LogP contribution < -0.4 is 0 Å². The van der Waals surface area contributed by atoms with Crippen LogP contribution in [0.1, 0.15) is 39.5 Å². The molecule has 0 aromatic carbocycles. The highest BCUT2D eigenvalue weighted by Gasteiger charge is 2.04. The van der Waals surface area contributed by atoms with Gasteiger partial charge in [0.25, 0.3) is 0 Å². The Hall–Kier alpha value is 0.0400. The highest BCUT2D eigenvalue weighted by atomic mass is 32.2. The molecule has 0 radical (unpaired) electrons. The van der Waals surface area contributed by atoms with Crippen LogP contribution in [0.2, 0.25) is 0 Å². The molecule has 0 saturated carbocycles. The Morgan fingerprint density at radius 1 is 0.923 bits per heavy atom. The standard InChI is InChI=1S/C9H16O2S2/c1-3-5-8(10)12-7-13-9(11)6-4-2/h3-7H2,1-2H3. The van der Waals surface area contributed by atoms with E-state index in [1.54, 1.807) is 0 Å². The molecule has 0 aliphatic heterocycles. The topological polar surface area (TPSA) is 34.1 Å². The lowest BCUT2D eigenvalue weighted by atomic mass is 10.4. The molecule has 0 unspecified atom stereocenters. The average Bonchev–Trinajstić information content (AvgIpc) is 2.05. The van der Waals surface area contributed by atoms with E-state index in [9.17, 15) is 9.59 Å². The van der Waals surface area contributed by atoms with Crippen LogP contribution in [0, 0.1) is 0 Å². The largest absolute Gasteiger partial charge is 0.287 e. The van der Waals surface area contributed by atoms with Gasteiger partial charge in [-0.05, 0) is 12.8 Å². The van der Waals surface area contributed by atoms with Crippen molar-refractivity contribution in [3.05, 3.63) is 0 Å². The first-order valence-corrected chi connectivity index (χ1v) is 6.49. The molecule has 0 atom stereocenters. The van der Waals surface area contributed by atoms with Gasteiger partial charge in [-0.1, -0.05) is 37.4 Å². The fraction of sp³-hybridized carbons (Fsp3) is 0.778. The Kier molecular flexibility index (Phi) is 8.66. The minimum atomic E-state index is 0.194. The molecule has 0 rings (SSSR count). The van der Waals surface area contributed by atoms with Crippen LogP contribution >= 0.6 is 23.5 Å². The van der Waals surface area contributed by atoms with Gasteiger partial charge in [0.2, 0.25) is 0 Å². The molecule has 0 aromatic rings. The molecular weight excluding hydrogens is 204 g/mol. The maximum atomic E-state index is 11.0. The highest BCUT2D eigenvalue weighted by molar-refractivity contribution is 8.28. The molecule has 0 aromatic heterocycles. The summed E-state index contributed by atoms with van der Waals surface area (Å²) >= 11 is 2.52. The molecule has 0 aliphatic rings. The SMILES string of the molecule is CCCC(=O)SCSC(=O)CCC. The summed E-state index contributed by atoms with van der Waals surface area (Å²) in [4.78, 5) is 22.0. The lowest BCUT2D eigenvalue weighted by Crippen LogP contribution is -1.94. The summed E-state index contributed by atoms with van der Waals surface area (Å²) in [5.74, 6) is 0. The van der Waals surface area contributed by atoms with Crippen LogP contribution in [0.25, 0.3) is 0 Å². The van der Waals surface area contributed by atoms with Crippen molar-refractivity contribution in [2.45, 2.75) is 39.5 Å². The van der Waals surface area contributed by atoms with Crippen molar-refractivity contribution in [3.8, 4) is 0 Å². The molecule has 2 nitrogen and oxygen atoms in total. The summed E-state index contributed by atoms with van der Waals surface area (Å²) in [6.45, 7) is 3.96. The van der Waals surface area contributed by atoms with Crippen LogP contribution in [0.15, 0.2) is 0 Å². The quantitative estimate of drug-likeness (QED) is 0.644. The Labute approximate surface area is 88.2 Å². The minimum absolute atomic E-state index is 0.194. The predicted octanol–water partition coefficient (Wildman–Crippen LogP) is 3.06. The Morgan fingerprint density at radius 2 is 1.31 bits per heavy atom. The first-order valence-electron chi connectivity index (χ1n) is 4.52. The third-order valence-electron chi connectivity index (χ3n) is 1.35. The van der Waals surface area contributed by atoms with Crippen LogP contribution in [-0.4, -0.2) is 15.3 Å². The van der Waals surface area contributed by atoms with E-state index in [4.69, 9.17) is 0 Å². The smallest absolute Gasteiger partial charge is 0.189 e. The van der Waals surface area contributed by atoms with Gasteiger partial charge >= 0.3 is 0 Å². The van der Waals surface area contributed by atoms with Crippen molar-refractivity contribution in [3.63, 3.8) is 0 Å². The van der Waals surface area contributed by atoms with Gasteiger partial charge in [-0.25, -0.2) is 0 Å². The summed E-state index contributed by atoms with van der Waals surface area (Å²) in [6, 6.07) is 0. The second kappa shape index (κ2) is 8.63. The third-order valence-corrected chi connectivity index (χ3v) is 3.34. The number of carbonyl (C=O) groups is 2. The van der Waals surface area contributed by atoms with E-state index in [2.05, 4.69) is 0 Å². The normalized spacial score (nSPS) is 10.0. The van der Waals surface area contributed by atoms with Crippen LogP contribution in [0.4, 0.5) is 0 Å². The second-order valence-electron chi connectivity index (χ2n) is 2.65. The number of hydrogen-bond acceptors (Lipinski definition) is 4. The molecule has 13 heavy (non-hydrogen) atoms. The number of rotatable bonds is 6. The van der Waals surface area contributed by atoms with E-state index in [1.807, 2.05) is 13.8 Å². The van der Waals surface area contributed by atoms with E-state index in [0.717, 1.165) is 12.8 Å². The molecule has 0 spiro atoms. The number of thioether (sulfide) groups is 2. The molecular formula is C9H16O2S2. The minimum Gasteiger partial charge on any atom is -0.287 e. The van der Waals surface area contributed by atoms with Gasteiger partial charge < -0.3 is 0 Å². The fourth-order valence-corrected chi connectivity index (χ4v) is 2.70. The maximum Gasteiger partial charge on any atom is 0.189 e. The summed E-state index contributed by atoms with van der Waals surface area (Å²) in [7, 11) is 0. The molecule has 0 N–H and O–H groups in total. The molecule has 0 fully saturated rings. The first-order chi connectivity index (χ1) is 6.20. The highest BCUT2D eigenvalue weighted by Crippen LogP contribution is 2.17. The van der Waals surface area contributed by atoms with E-state index in [1.165, 1.54) is 23.5 Å². The van der Waals surface area contributed by atoms with Crippen LogP contribution in [0.3, 0.4) is 0 Å². The van der Waals surface area contributed by atoms with E-state index in [-0.39, 0.29) is 10.2 Å². The van der Waals surface area contributed by atoms with Crippen molar-refractivity contribution >= 4 is 33.8 Å². The number of hydrogen-bond donors (Lipinski definition) is 0. The van der Waals surface area contributed by atoms with Gasteiger partial charge in [-0.15, -0.1) is 0 Å². The molecule has 0 aliphatic carbocycles. The molecule has 0 amide bonds. The monoisotopic (exact) mass is 220 g/mol. The predicted molar refractivity (Wildman–Crippen MR) is 59.9 cm³/mol. The van der Waals surface area contributed by atoms with Crippen molar-refractivity contribution in [2.24, 2.45) is 0 Å².